The average molecular weight is 196 g/mol. The molecule has 2 saturated carbocycles. The van der Waals surface area contributed by atoms with Gasteiger partial charge in [0.2, 0.25) is 11.8 Å². The fourth-order valence-corrected chi connectivity index (χ4v) is 2.54. The second kappa shape index (κ2) is 3.26. The lowest BCUT2D eigenvalue weighted by molar-refractivity contribution is -0.137. The second-order valence-electron chi connectivity index (χ2n) is 4.58. The van der Waals surface area contributed by atoms with E-state index in [1.807, 2.05) is 0 Å². The van der Waals surface area contributed by atoms with E-state index in [0.29, 0.717) is 0 Å². The Hall–Kier alpha value is -1.06. The summed E-state index contributed by atoms with van der Waals surface area (Å²) in [6, 6.07) is 0. The Balaban J connectivity index is 1.85. The molecule has 0 radical (unpaired) electrons. The van der Waals surface area contributed by atoms with Crippen LogP contribution in [0.15, 0.2) is 0 Å². The first-order valence-corrected chi connectivity index (χ1v) is 5.11. The largest absolute Gasteiger partial charge is 0.368 e. The Labute approximate surface area is 83.4 Å². The van der Waals surface area contributed by atoms with E-state index < -0.39 is 5.91 Å². The molecule has 0 spiro atoms. The van der Waals surface area contributed by atoms with Crippen LogP contribution in [0.5, 0.6) is 0 Å². The van der Waals surface area contributed by atoms with Crippen molar-refractivity contribution in [3.8, 4) is 0 Å². The zero-order valence-electron chi connectivity index (χ0n) is 8.40. The monoisotopic (exact) mass is 196 g/mol. The van der Waals surface area contributed by atoms with Crippen LogP contribution in [0.1, 0.15) is 19.3 Å². The quantitative estimate of drug-likeness (QED) is 0.689. The molecule has 0 aliphatic heterocycles. The first kappa shape index (κ1) is 9.49. The maximum atomic E-state index is 11.8. The number of carbonyl (C=O) groups excluding carboxylic acids is 2. The van der Waals surface area contributed by atoms with E-state index in [0.717, 1.165) is 24.7 Å². The van der Waals surface area contributed by atoms with Gasteiger partial charge in [-0.25, -0.2) is 0 Å². The summed E-state index contributed by atoms with van der Waals surface area (Å²) in [6.45, 7) is 0.0463. The van der Waals surface area contributed by atoms with Crippen LogP contribution in [0.2, 0.25) is 0 Å². The molecule has 2 N–H and O–H groups in total. The highest BCUT2D eigenvalue weighted by Gasteiger charge is 2.48. The van der Waals surface area contributed by atoms with E-state index in [1.165, 1.54) is 11.3 Å². The molecule has 0 bridgehead atoms. The van der Waals surface area contributed by atoms with Crippen molar-refractivity contribution >= 4 is 11.8 Å². The number of nitrogens with two attached hydrogens (primary N) is 1. The van der Waals surface area contributed by atoms with Crippen LogP contribution >= 0.6 is 0 Å². The molecule has 0 aromatic heterocycles. The van der Waals surface area contributed by atoms with Crippen LogP contribution in [0.3, 0.4) is 0 Å². The van der Waals surface area contributed by atoms with Crippen molar-refractivity contribution in [2.24, 2.45) is 23.5 Å². The molecule has 2 amide bonds. The van der Waals surface area contributed by atoms with Gasteiger partial charge in [-0.2, -0.15) is 0 Å². The van der Waals surface area contributed by atoms with E-state index in [9.17, 15) is 9.59 Å². The van der Waals surface area contributed by atoms with Gasteiger partial charge in [-0.1, -0.05) is 0 Å². The molecule has 14 heavy (non-hydrogen) atoms. The van der Waals surface area contributed by atoms with E-state index in [-0.39, 0.29) is 18.4 Å². The molecule has 2 aliphatic carbocycles. The van der Waals surface area contributed by atoms with Crippen molar-refractivity contribution in [1.29, 1.82) is 0 Å². The van der Waals surface area contributed by atoms with E-state index >= 15 is 0 Å². The summed E-state index contributed by atoms with van der Waals surface area (Å²) in [5, 5.41) is 0. The van der Waals surface area contributed by atoms with Crippen LogP contribution in [0.4, 0.5) is 0 Å². The summed E-state index contributed by atoms with van der Waals surface area (Å²) in [4.78, 5) is 23.9. The Kier molecular flexibility index (Phi) is 2.21. The number of fused-ring (bicyclic) bond motifs is 1. The topological polar surface area (TPSA) is 63.4 Å². The summed E-state index contributed by atoms with van der Waals surface area (Å²) < 4.78 is 0. The number of carbonyl (C=O) groups is 2. The van der Waals surface area contributed by atoms with Crippen molar-refractivity contribution in [3.63, 3.8) is 0 Å². The lowest BCUT2D eigenvalue weighted by Crippen LogP contribution is -2.38. The predicted molar refractivity (Wildman–Crippen MR) is 51.2 cm³/mol. The highest BCUT2D eigenvalue weighted by atomic mass is 16.2. The third kappa shape index (κ3) is 1.74. The highest BCUT2D eigenvalue weighted by molar-refractivity contribution is 5.85. The Bertz CT molecular complexity index is 267. The minimum Gasteiger partial charge on any atom is -0.368 e. The lowest BCUT2D eigenvalue weighted by atomic mass is 10.0. The maximum Gasteiger partial charge on any atom is 0.237 e. The summed E-state index contributed by atoms with van der Waals surface area (Å²) in [5.74, 6) is 1.40. The SMILES string of the molecule is CN(CC(N)=O)C(=O)C1CC2CC2C1. The van der Waals surface area contributed by atoms with Gasteiger partial charge in [0.25, 0.3) is 0 Å². The highest BCUT2D eigenvalue weighted by Crippen LogP contribution is 2.54. The molecule has 2 rings (SSSR count). The molecule has 0 aromatic rings. The number of rotatable bonds is 3. The summed E-state index contributed by atoms with van der Waals surface area (Å²) in [7, 11) is 1.65. The van der Waals surface area contributed by atoms with Crippen molar-refractivity contribution < 1.29 is 9.59 Å². The predicted octanol–water partition coefficient (Wildman–Crippen LogP) is -0.0238. The molecule has 2 atom stereocenters. The Morgan fingerprint density at radius 3 is 2.36 bits per heavy atom. The standard InChI is InChI=1S/C10H16N2O2/c1-12(5-9(11)13)10(14)8-3-6-2-7(6)4-8/h6-8H,2-5H2,1H3,(H2,11,13). The number of hydrogen-bond acceptors (Lipinski definition) is 2. The van der Waals surface area contributed by atoms with E-state index in [1.54, 1.807) is 7.05 Å². The molecule has 4 nitrogen and oxygen atoms in total. The number of nitrogens with zero attached hydrogens (tertiary/aromatic N) is 1. The fourth-order valence-electron chi connectivity index (χ4n) is 2.54. The number of likely N-dealkylation sites (N-methyl/N-ethyl adjacent to an activating group) is 1. The molecule has 2 aliphatic rings. The smallest absolute Gasteiger partial charge is 0.237 e. The minimum atomic E-state index is -0.441. The Morgan fingerprint density at radius 2 is 1.86 bits per heavy atom. The molecule has 0 heterocycles. The van der Waals surface area contributed by atoms with Crippen molar-refractivity contribution in [3.05, 3.63) is 0 Å². The summed E-state index contributed by atoms with van der Waals surface area (Å²) in [6.07, 6.45) is 3.35. The molecular weight excluding hydrogens is 180 g/mol. The first-order valence-electron chi connectivity index (χ1n) is 5.11. The molecule has 78 valence electrons. The maximum absolute atomic E-state index is 11.8. The number of amides is 2. The Morgan fingerprint density at radius 1 is 1.29 bits per heavy atom. The van der Waals surface area contributed by atoms with Gasteiger partial charge in [0.15, 0.2) is 0 Å². The molecule has 2 fully saturated rings. The molecule has 4 heteroatoms. The number of hydrogen-bond donors (Lipinski definition) is 1. The summed E-state index contributed by atoms with van der Waals surface area (Å²) in [5.41, 5.74) is 5.03. The van der Waals surface area contributed by atoms with Gasteiger partial charge in [-0.15, -0.1) is 0 Å². The van der Waals surface area contributed by atoms with Crippen LogP contribution in [0.25, 0.3) is 0 Å². The second-order valence-corrected chi connectivity index (χ2v) is 4.58. The van der Waals surface area contributed by atoms with Gasteiger partial charge < -0.3 is 10.6 Å². The van der Waals surface area contributed by atoms with Gasteiger partial charge in [0, 0.05) is 13.0 Å². The van der Waals surface area contributed by atoms with E-state index in [4.69, 9.17) is 5.73 Å². The van der Waals surface area contributed by atoms with Crippen LogP contribution in [-0.2, 0) is 9.59 Å². The molecular formula is C10H16N2O2. The van der Waals surface area contributed by atoms with Gasteiger partial charge in [-0.3, -0.25) is 9.59 Å². The normalized spacial score (nSPS) is 33.6. The van der Waals surface area contributed by atoms with Crippen LogP contribution < -0.4 is 5.73 Å². The first-order chi connectivity index (χ1) is 6.58. The van der Waals surface area contributed by atoms with Gasteiger partial charge >= 0.3 is 0 Å². The van der Waals surface area contributed by atoms with Crippen molar-refractivity contribution in [2.45, 2.75) is 19.3 Å². The third-order valence-corrected chi connectivity index (χ3v) is 3.36. The molecule has 0 saturated heterocycles. The van der Waals surface area contributed by atoms with Gasteiger partial charge in [0.05, 0.1) is 6.54 Å². The molecule has 0 aromatic carbocycles. The minimum absolute atomic E-state index is 0.0463. The van der Waals surface area contributed by atoms with Crippen molar-refractivity contribution in [2.75, 3.05) is 13.6 Å². The van der Waals surface area contributed by atoms with Crippen LogP contribution in [-0.4, -0.2) is 30.3 Å². The van der Waals surface area contributed by atoms with Gasteiger partial charge in [-0.05, 0) is 31.1 Å². The lowest BCUT2D eigenvalue weighted by Gasteiger charge is -2.20. The molecule has 2 unspecified atom stereocenters. The zero-order chi connectivity index (χ0) is 10.3. The van der Waals surface area contributed by atoms with E-state index in [2.05, 4.69) is 0 Å². The van der Waals surface area contributed by atoms with Crippen LogP contribution in [0, 0.1) is 17.8 Å². The fraction of sp³-hybridized carbons (Fsp3) is 0.800. The van der Waals surface area contributed by atoms with Crippen molar-refractivity contribution in [1.82, 2.24) is 4.90 Å². The summed E-state index contributed by atoms with van der Waals surface area (Å²) >= 11 is 0. The average Bonchev–Trinajstić information content (AvgIpc) is 2.71. The third-order valence-electron chi connectivity index (χ3n) is 3.36. The zero-order valence-corrected chi connectivity index (χ0v) is 8.40. The van der Waals surface area contributed by atoms with Gasteiger partial charge in [0.1, 0.15) is 0 Å². The number of primary amides is 1.